The number of aromatic nitrogens is 2. The van der Waals surface area contributed by atoms with Crippen LogP contribution in [0.1, 0.15) is 32.4 Å². The lowest BCUT2D eigenvalue weighted by molar-refractivity contribution is 0.199. The lowest BCUT2D eigenvalue weighted by Crippen LogP contribution is -2.52. The number of piperazine rings is 1. The van der Waals surface area contributed by atoms with Gasteiger partial charge in [0.15, 0.2) is 0 Å². The average Bonchev–Trinajstić information content (AvgIpc) is 3.30. The minimum Gasteiger partial charge on any atom is -0.353 e. The van der Waals surface area contributed by atoms with Crippen molar-refractivity contribution in [1.82, 2.24) is 20.2 Å². The van der Waals surface area contributed by atoms with Gasteiger partial charge >= 0.3 is 0 Å². The van der Waals surface area contributed by atoms with E-state index in [0.717, 1.165) is 50.3 Å². The van der Waals surface area contributed by atoms with Gasteiger partial charge in [-0.1, -0.05) is 6.92 Å². The summed E-state index contributed by atoms with van der Waals surface area (Å²) in [4.78, 5) is 14.0. The van der Waals surface area contributed by atoms with Crippen LogP contribution in [0.2, 0.25) is 0 Å². The van der Waals surface area contributed by atoms with Gasteiger partial charge in [-0.05, 0) is 26.3 Å². The van der Waals surface area contributed by atoms with Crippen molar-refractivity contribution in [3.8, 4) is 0 Å². The van der Waals surface area contributed by atoms with Crippen molar-refractivity contribution in [3.63, 3.8) is 0 Å². The second kappa shape index (κ2) is 6.06. The maximum absolute atomic E-state index is 4.59. The number of anilines is 1. The second-order valence-electron chi connectivity index (χ2n) is 5.94. The third-order valence-corrected chi connectivity index (χ3v) is 4.34. The highest BCUT2D eigenvalue weighted by molar-refractivity contribution is 5.36. The van der Waals surface area contributed by atoms with E-state index in [9.17, 15) is 0 Å². The van der Waals surface area contributed by atoms with Crippen molar-refractivity contribution in [1.29, 1.82) is 0 Å². The van der Waals surface area contributed by atoms with E-state index in [2.05, 4.69) is 38.9 Å². The van der Waals surface area contributed by atoms with Gasteiger partial charge in [0, 0.05) is 38.3 Å². The Morgan fingerprint density at radius 2 is 2.10 bits per heavy atom. The molecule has 1 unspecified atom stereocenters. The smallest absolute Gasteiger partial charge is 0.147 e. The first kappa shape index (κ1) is 13.8. The van der Waals surface area contributed by atoms with Crippen LogP contribution in [0.25, 0.3) is 0 Å². The van der Waals surface area contributed by atoms with E-state index in [0.29, 0.717) is 6.04 Å². The maximum atomic E-state index is 4.59. The number of hydrogen-bond donors (Lipinski definition) is 1. The fraction of sp³-hybridized carbons (Fsp3) is 0.733. The van der Waals surface area contributed by atoms with Gasteiger partial charge in [-0.2, -0.15) is 0 Å². The standard InChI is InChI=1S/C15H25N5/c1-3-19-6-7-20(11-12(19)2)15-10-17-14(9-18-15)8-16-13-4-5-13/h9-10,12-13,16H,3-8,11H2,1-2H3. The van der Waals surface area contributed by atoms with Gasteiger partial charge in [0.2, 0.25) is 0 Å². The molecule has 20 heavy (non-hydrogen) atoms. The number of nitrogens with one attached hydrogen (secondary N) is 1. The van der Waals surface area contributed by atoms with Crippen molar-refractivity contribution in [2.45, 2.75) is 45.3 Å². The first-order valence-electron chi connectivity index (χ1n) is 7.79. The fourth-order valence-electron chi connectivity index (χ4n) is 2.81. The molecule has 110 valence electrons. The van der Waals surface area contributed by atoms with Crippen LogP contribution < -0.4 is 10.2 Å². The van der Waals surface area contributed by atoms with Crippen molar-refractivity contribution in [2.75, 3.05) is 31.1 Å². The largest absolute Gasteiger partial charge is 0.353 e. The van der Waals surface area contributed by atoms with Gasteiger partial charge in [-0.25, -0.2) is 4.98 Å². The highest BCUT2D eigenvalue weighted by Gasteiger charge is 2.23. The number of likely N-dealkylation sites (N-methyl/N-ethyl adjacent to an activating group) is 1. The summed E-state index contributed by atoms with van der Waals surface area (Å²) in [5, 5.41) is 3.47. The van der Waals surface area contributed by atoms with Crippen LogP contribution in [0.3, 0.4) is 0 Å². The lowest BCUT2D eigenvalue weighted by Gasteiger charge is -2.39. The highest BCUT2D eigenvalue weighted by Crippen LogP contribution is 2.19. The van der Waals surface area contributed by atoms with E-state index < -0.39 is 0 Å². The molecule has 1 aromatic heterocycles. The maximum Gasteiger partial charge on any atom is 0.147 e. The van der Waals surface area contributed by atoms with E-state index in [1.165, 1.54) is 12.8 Å². The average molecular weight is 275 g/mol. The molecule has 1 aromatic rings. The van der Waals surface area contributed by atoms with Gasteiger partial charge in [-0.15, -0.1) is 0 Å². The Morgan fingerprint density at radius 3 is 2.70 bits per heavy atom. The molecule has 2 fully saturated rings. The van der Waals surface area contributed by atoms with Gasteiger partial charge in [0.1, 0.15) is 5.82 Å². The molecule has 5 heteroatoms. The van der Waals surface area contributed by atoms with Gasteiger partial charge in [0.05, 0.1) is 18.1 Å². The van der Waals surface area contributed by atoms with Crippen LogP contribution in [0.15, 0.2) is 12.4 Å². The van der Waals surface area contributed by atoms with Gasteiger partial charge < -0.3 is 10.2 Å². The lowest BCUT2D eigenvalue weighted by atomic mass is 10.2. The van der Waals surface area contributed by atoms with Crippen LogP contribution in [-0.4, -0.2) is 53.1 Å². The first-order chi connectivity index (χ1) is 9.76. The predicted molar refractivity (Wildman–Crippen MR) is 80.8 cm³/mol. The SMILES string of the molecule is CCN1CCN(c2cnc(CNC3CC3)cn2)CC1C. The Balaban J connectivity index is 1.56. The molecule has 1 atom stereocenters. The third-order valence-electron chi connectivity index (χ3n) is 4.34. The van der Waals surface area contributed by atoms with Crippen LogP contribution in [-0.2, 0) is 6.54 Å². The molecule has 2 aliphatic rings. The zero-order chi connectivity index (χ0) is 13.9. The number of hydrogen-bond acceptors (Lipinski definition) is 5. The first-order valence-corrected chi connectivity index (χ1v) is 7.79. The molecule has 5 nitrogen and oxygen atoms in total. The van der Waals surface area contributed by atoms with Crippen LogP contribution >= 0.6 is 0 Å². The molecular weight excluding hydrogens is 250 g/mol. The van der Waals surface area contributed by atoms with E-state index in [4.69, 9.17) is 0 Å². The summed E-state index contributed by atoms with van der Waals surface area (Å²) in [5.41, 5.74) is 1.04. The molecule has 1 saturated carbocycles. The Morgan fingerprint density at radius 1 is 1.25 bits per heavy atom. The molecule has 0 aromatic carbocycles. The quantitative estimate of drug-likeness (QED) is 0.876. The van der Waals surface area contributed by atoms with Gasteiger partial charge in [-0.3, -0.25) is 9.88 Å². The predicted octanol–water partition coefficient (Wildman–Crippen LogP) is 1.26. The summed E-state index contributed by atoms with van der Waals surface area (Å²) in [5.74, 6) is 1.02. The molecule has 0 radical (unpaired) electrons. The van der Waals surface area contributed by atoms with E-state index >= 15 is 0 Å². The monoisotopic (exact) mass is 275 g/mol. The topological polar surface area (TPSA) is 44.3 Å². The van der Waals surface area contributed by atoms with Crippen LogP contribution in [0.5, 0.6) is 0 Å². The molecule has 2 heterocycles. The highest BCUT2D eigenvalue weighted by atomic mass is 15.3. The Labute approximate surface area is 121 Å². The van der Waals surface area contributed by atoms with E-state index in [1.54, 1.807) is 0 Å². The number of rotatable bonds is 5. The fourth-order valence-corrected chi connectivity index (χ4v) is 2.81. The summed E-state index contributed by atoms with van der Waals surface area (Å²) in [6.45, 7) is 9.70. The van der Waals surface area contributed by atoms with Crippen molar-refractivity contribution < 1.29 is 0 Å². The second-order valence-corrected chi connectivity index (χ2v) is 5.94. The minimum absolute atomic E-state index is 0.590. The van der Waals surface area contributed by atoms with Crippen molar-refractivity contribution >= 4 is 5.82 Å². The van der Waals surface area contributed by atoms with Crippen LogP contribution in [0.4, 0.5) is 5.82 Å². The van der Waals surface area contributed by atoms with Crippen molar-refractivity contribution in [2.24, 2.45) is 0 Å². The summed E-state index contributed by atoms with van der Waals surface area (Å²) < 4.78 is 0. The Bertz CT molecular complexity index is 428. The van der Waals surface area contributed by atoms with E-state index in [-0.39, 0.29) is 0 Å². The minimum atomic E-state index is 0.590. The molecule has 0 spiro atoms. The van der Waals surface area contributed by atoms with Gasteiger partial charge in [0.25, 0.3) is 0 Å². The molecule has 1 N–H and O–H groups in total. The number of nitrogens with zero attached hydrogens (tertiary/aromatic N) is 4. The summed E-state index contributed by atoms with van der Waals surface area (Å²) in [6, 6.07) is 1.31. The molecular formula is C15H25N5. The molecule has 1 aliphatic heterocycles. The molecule has 0 amide bonds. The van der Waals surface area contributed by atoms with Crippen LogP contribution in [0, 0.1) is 0 Å². The summed E-state index contributed by atoms with van der Waals surface area (Å²) in [6.07, 6.45) is 6.47. The van der Waals surface area contributed by atoms with E-state index in [1.807, 2.05) is 12.4 Å². The molecule has 3 rings (SSSR count). The van der Waals surface area contributed by atoms with Crippen molar-refractivity contribution in [3.05, 3.63) is 18.1 Å². The zero-order valence-corrected chi connectivity index (χ0v) is 12.5. The molecule has 1 aliphatic carbocycles. The summed E-state index contributed by atoms with van der Waals surface area (Å²) >= 11 is 0. The normalized spacial score (nSPS) is 24.1. The Kier molecular flexibility index (Phi) is 4.17. The third kappa shape index (κ3) is 3.27. The molecule has 0 bridgehead atoms. The Hall–Kier alpha value is -1.20. The zero-order valence-electron chi connectivity index (χ0n) is 12.5. The molecule has 1 saturated heterocycles. The summed E-state index contributed by atoms with van der Waals surface area (Å²) in [7, 11) is 0.